The molecule has 1 atom stereocenters. The van der Waals surface area contributed by atoms with Crippen LogP contribution in [-0.2, 0) is 0 Å². The molecule has 158 valence electrons. The van der Waals surface area contributed by atoms with Gasteiger partial charge in [-0.1, -0.05) is 19.3 Å². The Bertz CT molecular complexity index is 1010. The fourth-order valence-electron chi connectivity index (χ4n) is 4.71. The summed E-state index contributed by atoms with van der Waals surface area (Å²) in [5, 5.41) is 15.3. The molecule has 2 amide bonds. The average molecular weight is 426 g/mol. The quantitative estimate of drug-likeness (QED) is 0.461. The van der Waals surface area contributed by atoms with Crippen LogP contribution in [0.15, 0.2) is 23.7 Å². The third-order valence-corrected chi connectivity index (χ3v) is 7.56. The molecular weight excluding hydrogens is 398 g/mol. The lowest BCUT2D eigenvalue weighted by Crippen LogP contribution is -2.47. The Labute approximate surface area is 179 Å². The Balaban J connectivity index is 1.26. The van der Waals surface area contributed by atoms with E-state index in [0.29, 0.717) is 29.8 Å². The van der Waals surface area contributed by atoms with E-state index in [0.717, 1.165) is 41.5 Å². The summed E-state index contributed by atoms with van der Waals surface area (Å²) in [7, 11) is 0. The summed E-state index contributed by atoms with van der Waals surface area (Å²) >= 11 is 1.61. The predicted octanol–water partition coefficient (Wildman–Crippen LogP) is 3.94. The summed E-state index contributed by atoms with van der Waals surface area (Å²) in [5.74, 6) is 0.584. The molecule has 3 aromatic heterocycles. The van der Waals surface area contributed by atoms with Gasteiger partial charge in [0.25, 0.3) is 11.8 Å². The van der Waals surface area contributed by atoms with Crippen molar-refractivity contribution < 1.29 is 9.59 Å². The van der Waals surface area contributed by atoms with Gasteiger partial charge in [-0.05, 0) is 55.0 Å². The number of nitrogens with one attached hydrogen (secondary N) is 4. The highest BCUT2D eigenvalue weighted by Gasteiger charge is 2.30. The van der Waals surface area contributed by atoms with Gasteiger partial charge in [-0.3, -0.25) is 14.7 Å². The van der Waals surface area contributed by atoms with Gasteiger partial charge in [0.05, 0.1) is 16.4 Å². The summed E-state index contributed by atoms with van der Waals surface area (Å²) in [6, 6.07) is 3.77. The largest absolute Gasteiger partial charge is 0.350 e. The maximum Gasteiger partial charge on any atom is 0.269 e. The summed E-state index contributed by atoms with van der Waals surface area (Å²) in [4.78, 5) is 28.9. The number of hydrogen-bond donors (Lipinski definition) is 4. The molecule has 1 unspecified atom stereocenters. The van der Waals surface area contributed by atoms with Gasteiger partial charge in [-0.2, -0.15) is 5.10 Å². The van der Waals surface area contributed by atoms with Gasteiger partial charge >= 0.3 is 0 Å². The first-order valence-electron chi connectivity index (χ1n) is 10.9. The van der Waals surface area contributed by atoms with Crippen molar-refractivity contribution in [3.8, 4) is 0 Å². The number of carbonyl (C=O) groups is 2. The zero-order valence-corrected chi connectivity index (χ0v) is 17.7. The molecule has 2 aliphatic rings. The van der Waals surface area contributed by atoms with Crippen LogP contribution in [-0.4, -0.2) is 39.6 Å². The lowest BCUT2D eigenvalue weighted by molar-refractivity contribution is 0.0886. The number of amides is 2. The molecule has 0 radical (unpaired) electrons. The second-order valence-corrected chi connectivity index (χ2v) is 9.49. The standard InChI is InChI=1S/C22H27N5O2S/c28-21(17-10-19-16(25-17)8-9-30-19)23-12-18(14-4-1-2-5-14)26-22(29)20-15(11-24-27-20)13-6-3-7-13/h8-11,13-14,18,25H,1-7,12H2,(H,23,28)(H,24,27)(H,26,29). The van der Waals surface area contributed by atoms with Crippen molar-refractivity contribution in [2.75, 3.05) is 6.54 Å². The first kappa shape index (κ1) is 19.4. The number of H-pyrrole nitrogens is 2. The van der Waals surface area contributed by atoms with Gasteiger partial charge < -0.3 is 15.6 Å². The van der Waals surface area contributed by atoms with Crippen molar-refractivity contribution in [2.45, 2.75) is 56.9 Å². The fourth-order valence-corrected chi connectivity index (χ4v) is 5.49. The van der Waals surface area contributed by atoms with Gasteiger partial charge in [0.1, 0.15) is 11.4 Å². The predicted molar refractivity (Wildman–Crippen MR) is 117 cm³/mol. The molecule has 0 bridgehead atoms. The summed E-state index contributed by atoms with van der Waals surface area (Å²) in [6.45, 7) is 0.425. The normalized spacial score (nSPS) is 18.4. The molecule has 0 spiro atoms. The smallest absolute Gasteiger partial charge is 0.269 e. The number of rotatable bonds is 7. The van der Waals surface area contributed by atoms with Gasteiger partial charge in [0, 0.05) is 18.2 Å². The Hall–Kier alpha value is -2.61. The molecule has 0 aromatic carbocycles. The number of fused-ring (bicyclic) bond motifs is 1. The van der Waals surface area contributed by atoms with Crippen LogP contribution in [0.2, 0.25) is 0 Å². The van der Waals surface area contributed by atoms with Crippen LogP contribution in [0.1, 0.15) is 77.4 Å². The van der Waals surface area contributed by atoms with Crippen LogP contribution in [0.4, 0.5) is 0 Å². The minimum absolute atomic E-state index is 0.0856. The topological polar surface area (TPSA) is 103 Å². The van der Waals surface area contributed by atoms with E-state index >= 15 is 0 Å². The molecule has 4 N–H and O–H groups in total. The van der Waals surface area contributed by atoms with E-state index in [4.69, 9.17) is 0 Å². The molecule has 2 saturated carbocycles. The van der Waals surface area contributed by atoms with Gasteiger partial charge in [0.2, 0.25) is 0 Å². The van der Waals surface area contributed by atoms with E-state index in [1.165, 1.54) is 19.3 Å². The van der Waals surface area contributed by atoms with Crippen LogP contribution >= 0.6 is 11.3 Å². The molecule has 7 nitrogen and oxygen atoms in total. The molecule has 2 fully saturated rings. The lowest BCUT2D eigenvalue weighted by Gasteiger charge is -2.27. The lowest BCUT2D eigenvalue weighted by atomic mass is 9.80. The molecule has 8 heteroatoms. The Kier molecular flexibility index (Phi) is 5.33. The van der Waals surface area contributed by atoms with Crippen LogP contribution in [0, 0.1) is 5.92 Å². The van der Waals surface area contributed by atoms with E-state index in [1.807, 2.05) is 17.5 Å². The number of aromatic amines is 2. The monoisotopic (exact) mass is 425 g/mol. The van der Waals surface area contributed by atoms with Crippen molar-refractivity contribution in [2.24, 2.45) is 5.92 Å². The highest BCUT2D eigenvalue weighted by molar-refractivity contribution is 7.17. The molecular formula is C22H27N5O2S. The van der Waals surface area contributed by atoms with Crippen molar-refractivity contribution >= 4 is 33.4 Å². The number of aromatic nitrogens is 3. The van der Waals surface area contributed by atoms with Crippen LogP contribution in [0.3, 0.4) is 0 Å². The van der Waals surface area contributed by atoms with Crippen LogP contribution in [0.5, 0.6) is 0 Å². The molecule has 3 aromatic rings. The van der Waals surface area contributed by atoms with Crippen molar-refractivity contribution in [1.82, 2.24) is 25.8 Å². The molecule has 5 rings (SSSR count). The van der Waals surface area contributed by atoms with E-state index < -0.39 is 0 Å². The minimum Gasteiger partial charge on any atom is -0.350 e. The maximum absolute atomic E-state index is 13.0. The second-order valence-electron chi connectivity index (χ2n) is 8.54. The average Bonchev–Trinajstić information content (AvgIpc) is 3.47. The van der Waals surface area contributed by atoms with Gasteiger partial charge in [-0.25, -0.2) is 0 Å². The molecule has 3 heterocycles. The number of hydrogen-bond acceptors (Lipinski definition) is 4. The van der Waals surface area contributed by atoms with Crippen molar-refractivity contribution in [1.29, 1.82) is 0 Å². The maximum atomic E-state index is 13.0. The Morgan fingerprint density at radius 3 is 2.73 bits per heavy atom. The highest BCUT2D eigenvalue weighted by atomic mass is 32.1. The van der Waals surface area contributed by atoms with Gasteiger partial charge in [0.15, 0.2) is 0 Å². The Morgan fingerprint density at radius 2 is 2.00 bits per heavy atom. The van der Waals surface area contributed by atoms with Gasteiger partial charge in [-0.15, -0.1) is 11.3 Å². The van der Waals surface area contributed by atoms with E-state index in [2.05, 4.69) is 25.8 Å². The zero-order chi connectivity index (χ0) is 20.5. The third-order valence-electron chi connectivity index (χ3n) is 6.69. The SMILES string of the molecule is O=C(NCC(NC(=O)c1[nH]ncc1C1CCC1)C1CCCC1)c1cc2sccc2[nH]1. The van der Waals surface area contributed by atoms with Crippen LogP contribution < -0.4 is 10.6 Å². The summed E-state index contributed by atoms with van der Waals surface area (Å²) < 4.78 is 1.07. The highest BCUT2D eigenvalue weighted by Crippen LogP contribution is 2.37. The molecule has 0 aliphatic heterocycles. The minimum atomic E-state index is -0.132. The summed E-state index contributed by atoms with van der Waals surface area (Å²) in [5.41, 5.74) is 3.15. The number of carbonyl (C=O) groups excluding carboxylic acids is 2. The van der Waals surface area contributed by atoms with Crippen molar-refractivity contribution in [3.63, 3.8) is 0 Å². The first-order chi connectivity index (χ1) is 14.7. The van der Waals surface area contributed by atoms with E-state index in [9.17, 15) is 9.59 Å². The second kappa shape index (κ2) is 8.26. The number of thiophene rings is 1. The van der Waals surface area contributed by atoms with E-state index in [1.54, 1.807) is 17.5 Å². The van der Waals surface area contributed by atoms with Crippen LogP contribution in [0.25, 0.3) is 10.2 Å². The zero-order valence-electron chi connectivity index (χ0n) is 16.9. The molecule has 0 saturated heterocycles. The fraction of sp³-hybridized carbons (Fsp3) is 0.500. The van der Waals surface area contributed by atoms with Crippen molar-refractivity contribution in [3.05, 3.63) is 40.7 Å². The van der Waals surface area contributed by atoms with E-state index in [-0.39, 0.29) is 17.9 Å². The summed E-state index contributed by atoms with van der Waals surface area (Å²) in [6.07, 6.45) is 9.76. The first-order valence-corrected chi connectivity index (χ1v) is 11.8. The number of nitrogens with zero attached hydrogens (tertiary/aromatic N) is 1. The third kappa shape index (κ3) is 3.76. The molecule has 2 aliphatic carbocycles. The molecule has 30 heavy (non-hydrogen) atoms. The Morgan fingerprint density at radius 1 is 1.17 bits per heavy atom.